The monoisotopic (exact) mass is 327 g/mol. The van der Waals surface area contributed by atoms with Gasteiger partial charge in [0.05, 0.1) is 6.61 Å². The van der Waals surface area contributed by atoms with Crippen molar-refractivity contribution >= 4 is 0 Å². The number of hydrogen-bond donors (Lipinski definition) is 0. The molecule has 1 saturated heterocycles. The molecule has 0 bridgehead atoms. The number of hydrogen-bond acceptors (Lipinski definition) is 2. The molecule has 0 amide bonds. The number of halogens is 1. The number of ether oxygens (including phenoxy) is 1. The molecule has 1 heterocycles. The standard InChI is InChI=1S/C21H26FNO/c1-23-15-6-9-19(23)14-16-24-21-11-5-3-8-18(21)13-12-17-7-2-4-10-20(17)22/h2-5,7-8,10-11,19H,6,9,12-16H2,1H3. The summed E-state index contributed by atoms with van der Waals surface area (Å²) in [6.45, 7) is 1.94. The quantitative estimate of drug-likeness (QED) is 0.744. The molecule has 0 N–H and O–H groups in total. The zero-order chi connectivity index (χ0) is 16.8. The molecule has 1 aliphatic rings. The molecule has 0 radical (unpaired) electrons. The van der Waals surface area contributed by atoms with E-state index in [0.29, 0.717) is 12.5 Å². The number of aryl methyl sites for hydroxylation is 2. The van der Waals surface area contributed by atoms with Gasteiger partial charge in [0.1, 0.15) is 11.6 Å². The summed E-state index contributed by atoms with van der Waals surface area (Å²) in [5.74, 6) is 0.814. The van der Waals surface area contributed by atoms with Crippen LogP contribution in [0.25, 0.3) is 0 Å². The first-order valence-corrected chi connectivity index (χ1v) is 8.88. The third-order valence-electron chi connectivity index (χ3n) is 4.97. The van der Waals surface area contributed by atoms with Gasteiger partial charge in [-0.2, -0.15) is 0 Å². The van der Waals surface area contributed by atoms with Gasteiger partial charge in [0.25, 0.3) is 0 Å². The molecule has 2 aromatic rings. The highest BCUT2D eigenvalue weighted by molar-refractivity contribution is 5.34. The largest absolute Gasteiger partial charge is 0.493 e. The lowest BCUT2D eigenvalue weighted by molar-refractivity contribution is 0.232. The van der Waals surface area contributed by atoms with Crippen LogP contribution in [0.5, 0.6) is 5.75 Å². The number of likely N-dealkylation sites (tertiary alicyclic amines) is 1. The molecule has 1 atom stereocenters. The van der Waals surface area contributed by atoms with E-state index in [1.54, 1.807) is 6.07 Å². The second-order valence-corrected chi connectivity index (χ2v) is 6.61. The van der Waals surface area contributed by atoms with E-state index < -0.39 is 0 Å². The van der Waals surface area contributed by atoms with Gasteiger partial charge in [-0.05, 0) is 69.0 Å². The summed E-state index contributed by atoms with van der Waals surface area (Å²) in [6, 6.07) is 15.8. The van der Waals surface area contributed by atoms with Gasteiger partial charge in [-0.25, -0.2) is 4.39 Å². The molecule has 3 rings (SSSR count). The van der Waals surface area contributed by atoms with Gasteiger partial charge in [-0.1, -0.05) is 36.4 Å². The summed E-state index contributed by atoms with van der Waals surface area (Å²) in [7, 11) is 2.19. The van der Waals surface area contributed by atoms with Crippen LogP contribution in [0, 0.1) is 5.82 Å². The van der Waals surface area contributed by atoms with Crippen molar-refractivity contribution in [3.63, 3.8) is 0 Å². The summed E-state index contributed by atoms with van der Waals surface area (Å²) < 4.78 is 19.8. The van der Waals surface area contributed by atoms with E-state index >= 15 is 0 Å². The van der Waals surface area contributed by atoms with Crippen molar-refractivity contribution in [1.82, 2.24) is 4.90 Å². The van der Waals surface area contributed by atoms with Crippen LogP contribution in [0.15, 0.2) is 48.5 Å². The molecule has 24 heavy (non-hydrogen) atoms. The Bertz CT molecular complexity index is 658. The zero-order valence-electron chi connectivity index (χ0n) is 14.4. The highest BCUT2D eigenvalue weighted by Gasteiger charge is 2.20. The van der Waals surface area contributed by atoms with Crippen molar-refractivity contribution in [3.05, 3.63) is 65.5 Å². The normalized spacial score (nSPS) is 18.0. The predicted molar refractivity (Wildman–Crippen MR) is 96.0 cm³/mol. The molecule has 3 heteroatoms. The smallest absolute Gasteiger partial charge is 0.126 e. The van der Waals surface area contributed by atoms with Crippen LogP contribution in [0.2, 0.25) is 0 Å². The zero-order valence-corrected chi connectivity index (χ0v) is 14.4. The topological polar surface area (TPSA) is 12.5 Å². The fourth-order valence-corrected chi connectivity index (χ4v) is 3.47. The first-order valence-electron chi connectivity index (χ1n) is 8.88. The van der Waals surface area contributed by atoms with E-state index in [1.807, 2.05) is 30.3 Å². The maximum Gasteiger partial charge on any atom is 0.126 e. The molecule has 1 fully saturated rings. The third kappa shape index (κ3) is 4.35. The summed E-state index contributed by atoms with van der Waals surface area (Å²) >= 11 is 0. The Hall–Kier alpha value is -1.87. The van der Waals surface area contributed by atoms with E-state index in [1.165, 1.54) is 25.5 Å². The van der Waals surface area contributed by atoms with Crippen LogP contribution < -0.4 is 4.74 Å². The third-order valence-corrected chi connectivity index (χ3v) is 4.97. The SMILES string of the molecule is CN1CCCC1CCOc1ccccc1CCc1ccccc1F. The first kappa shape index (κ1) is 17.0. The van der Waals surface area contributed by atoms with Crippen molar-refractivity contribution in [1.29, 1.82) is 0 Å². The lowest BCUT2D eigenvalue weighted by Gasteiger charge is -2.20. The summed E-state index contributed by atoms with van der Waals surface area (Å²) in [4.78, 5) is 2.42. The van der Waals surface area contributed by atoms with Crippen LogP contribution in [0.1, 0.15) is 30.4 Å². The minimum absolute atomic E-state index is 0.125. The van der Waals surface area contributed by atoms with Crippen LogP contribution in [0.3, 0.4) is 0 Å². The molecule has 0 saturated carbocycles. The van der Waals surface area contributed by atoms with Gasteiger partial charge in [-0.3, -0.25) is 0 Å². The minimum Gasteiger partial charge on any atom is -0.493 e. The van der Waals surface area contributed by atoms with Gasteiger partial charge in [0, 0.05) is 6.04 Å². The van der Waals surface area contributed by atoms with Crippen molar-refractivity contribution in [3.8, 4) is 5.75 Å². The Morgan fingerprint density at radius 2 is 1.75 bits per heavy atom. The van der Waals surface area contributed by atoms with Crippen molar-refractivity contribution in [2.75, 3.05) is 20.2 Å². The maximum atomic E-state index is 13.8. The molecule has 0 aliphatic carbocycles. The lowest BCUT2D eigenvalue weighted by atomic mass is 10.0. The summed E-state index contributed by atoms with van der Waals surface area (Å²) in [6.07, 6.45) is 5.12. The van der Waals surface area contributed by atoms with E-state index in [-0.39, 0.29) is 5.82 Å². The van der Waals surface area contributed by atoms with Crippen LogP contribution >= 0.6 is 0 Å². The molecule has 2 nitrogen and oxygen atoms in total. The fourth-order valence-electron chi connectivity index (χ4n) is 3.47. The molecular formula is C21H26FNO. The van der Waals surface area contributed by atoms with Gasteiger partial charge in [0.2, 0.25) is 0 Å². The minimum atomic E-state index is -0.125. The molecule has 128 valence electrons. The molecule has 0 spiro atoms. The number of benzene rings is 2. The van der Waals surface area contributed by atoms with Crippen molar-refractivity contribution < 1.29 is 9.13 Å². The van der Waals surface area contributed by atoms with E-state index in [4.69, 9.17) is 4.74 Å². The van der Waals surface area contributed by atoms with Crippen LogP contribution in [-0.2, 0) is 12.8 Å². The van der Waals surface area contributed by atoms with Gasteiger partial charge < -0.3 is 9.64 Å². The van der Waals surface area contributed by atoms with Gasteiger partial charge >= 0.3 is 0 Å². The van der Waals surface area contributed by atoms with E-state index in [9.17, 15) is 4.39 Å². The maximum absolute atomic E-state index is 13.8. The second kappa shape index (κ2) is 8.29. The Morgan fingerprint density at radius 1 is 1.04 bits per heavy atom. The average molecular weight is 327 g/mol. The Labute approximate surface area is 144 Å². The van der Waals surface area contributed by atoms with Crippen LogP contribution in [-0.4, -0.2) is 31.1 Å². The molecule has 1 aliphatic heterocycles. The van der Waals surface area contributed by atoms with Gasteiger partial charge in [0.15, 0.2) is 0 Å². The average Bonchev–Trinajstić information content (AvgIpc) is 3.00. The first-order chi connectivity index (χ1) is 11.7. The fraction of sp³-hybridized carbons (Fsp3) is 0.429. The highest BCUT2D eigenvalue weighted by atomic mass is 19.1. The van der Waals surface area contributed by atoms with Gasteiger partial charge in [-0.15, -0.1) is 0 Å². The number of para-hydroxylation sites is 1. The van der Waals surface area contributed by atoms with Crippen molar-refractivity contribution in [2.45, 2.75) is 38.1 Å². The second-order valence-electron chi connectivity index (χ2n) is 6.61. The number of nitrogens with zero attached hydrogens (tertiary/aromatic N) is 1. The Kier molecular flexibility index (Phi) is 5.86. The lowest BCUT2D eigenvalue weighted by Crippen LogP contribution is -2.26. The Morgan fingerprint density at radius 3 is 2.50 bits per heavy atom. The van der Waals surface area contributed by atoms with E-state index in [2.05, 4.69) is 18.0 Å². The van der Waals surface area contributed by atoms with E-state index in [0.717, 1.165) is 36.3 Å². The summed E-state index contributed by atoms with van der Waals surface area (Å²) in [5.41, 5.74) is 1.92. The molecular weight excluding hydrogens is 301 g/mol. The molecule has 1 unspecified atom stereocenters. The molecule has 0 aromatic heterocycles. The number of rotatable bonds is 7. The highest BCUT2D eigenvalue weighted by Crippen LogP contribution is 2.23. The summed E-state index contributed by atoms with van der Waals surface area (Å²) in [5, 5.41) is 0. The van der Waals surface area contributed by atoms with Crippen LogP contribution in [0.4, 0.5) is 4.39 Å². The Balaban J connectivity index is 1.55. The predicted octanol–water partition coefficient (Wildman–Crippen LogP) is 4.47. The molecule has 2 aromatic carbocycles. The van der Waals surface area contributed by atoms with Crippen molar-refractivity contribution in [2.24, 2.45) is 0 Å².